The molecule has 20 heavy (non-hydrogen) atoms. The van der Waals surface area contributed by atoms with Gasteiger partial charge in [-0.25, -0.2) is 0 Å². The first kappa shape index (κ1) is 14.0. The van der Waals surface area contributed by atoms with E-state index in [4.69, 9.17) is 9.31 Å². The molecule has 0 unspecified atom stereocenters. The molecule has 9 heteroatoms. The molecule has 104 valence electrons. The molecule has 0 bridgehead atoms. The summed E-state index contributed by atoms with van der Waals surface area (Å²) in [6.07, 6.45) is 0. The predicted octanol–water partition coefficient (Wildman–Crippen LogP) is -0.678. The number of rotatable bonds is 2. The molecular weight excluding hydrogens is 267 g/mol. The Morgan fingerprint density at radius 2 is 1.75 bits per heavy atom. The van der Waals surface area contributed by atoms with Crippen molar-refractivity contribution in [3.05, 3.63) is 34.4 Å². The zero-order valence-electron chi connectivity index (χ0n) is 10.6. The van der Waals surface area contributed by atoms with Crippen molar-refractivity contribution < 1.29 is 23.8 Å². The van der Waals surface area contributed by atoms with Gasteiger partial charge in [-0.05, 0) is 7.05 Å². The number of hydrogen-bond acceptors (Lipinski definition) is 7. The van der Waals surface area contributed by atoms with E-state index in [1.807, 2.05) is 0 Å². The van der Waals surface area contributed by atoms with E-state index < -0.39 is 24.0 Å². The maximum absolute atomic E-state index is 11.6. The average Bonchev–Trinajstić information content (AvgIpc) is 2.35. The maximum atomic E-state index is 11.6. The highest BCUT2D eigenvalue weighted by Gasteiger charge is 2.38. The fraction of sp³-hybridized carbons (Fsp3) is 0.273. The minimum Gasteiger partial charge on any atom is -0.494 e. The molecule has 0 saturated carbocycles. The molecule has 1 fully saturated rings. The Kier molecular flexibility index (Phi) is 3.99. The lowest BCUT2D eigenvalue weighted by Crippen LogP contribution is -2.48. The van der Waals surface area contributed by atoms with Crippen molar-refractivity contribution in [3.8, 4) is 0 Å². The molecule has 0 aromatic heterocycles. The molecule has 0 aliphatic carbocycles. The van der Waals surface area contributed by atoms with Gasteiger partial charge in [-0.1, -0.05) is 18.2 Å². The Morgan fingerprint density at radius 3 is 2.30 bits per heavy atom. The van der Waals surface area contributed by atoms with Gasteiger partial charge in [0, 0.05) is 6.07 Å². The first-order valence-electron chi connectivity index (χ1n) is 5.78. The summed E-state index contributed by atoms with van der Waals surface area (Å²) in [7, 11) is 0.165. The summed E-state index contributed by atoms with van der Waals surface area (Å²) in [6.45, 7) is -0.182. The van der Waals surface area contributed by atoms with Gasteiger partial charge in [-0.15, -0.1) is 0 Å². The highest BCUT2D eigenvalue weighted by atomic mass is 16.6. The van der Waals surface area contributed by atoms with Crippen molar-refractivity contribution in [3.63, 3.8) is 0 Å². The van der Waals surface area contributed by atoms with E-state index in [0.717, 1.165) is 0 Å². The third-order valence-corrected chi connectivity index (χ3v) is 2.66. The standard InChI is InChI=1S/C11H11BN2O6/c1-13-6-10(15)19-12(20-11(16)7-13)8-4-2-3-5-9(8)14(17)18/h2-5H,6-7H2,1H3. The second kappa shape index (κ2) is 5.70. The van der Waals surface area contributed by atoms with Crippen molar-refractivity contribution in [2.45, 2.75) is 0 Å². The minimum absolute atomic E-state index is 0.0313. The molecule has 1 heterocycles. The third-order valence-electron chi connectivity index (χ3n) is 2.66. The molecule has 1 saturated heterocycles. The summed E-state index contributed by atoms with van der Waals surface area (Å²) in [5.74, 6) is -1.24. The van der Waals surface area contributed by atoms with Crippen LogP contribution in [-0.2, 0) is 18.9 Å². The number of nitro benzene ring substituents is 1. The van der Waals surface area contributed by atoms with Crippen LogP contribution in [0.15, 0.2) is 24.3 Å². The smallest absolute Gasteiger partial charge is 0.494 e. The molecule has 1 aliphatic rings. The molecule has 0 N–H and O–H groups in total. The van der Waals surface area contributed by atoms with Crippen LogP contribution < -0.4 is 5.46 Å². The Morgan fingerprint density at radius 1 is 1.20 bits per heavy atom. The summed E-state index contributed by atoms with van der Waals surface area (Å²) in [5, 5.41) is 10.9. The molecule has 1 aromatic rings. The van der Waals surface area contributed by atoms with Crippen LogP contribution in [0.4, 0.5) is 5.69 Å². The number of hydrogen-bond donors (Lipinski definition) is 0. The Bertz CT molecular complexity index is 544. The first-order chi connectivity index (χ1) is 9.47. The summed E-state index contributed by atoms with van der Waals surface area (Å²) >= 11 is 0. The lowest BCUT2D eigenvalue weighted by molar-refractivity contribution is -0.383. The van der Waals surface area contributed by atoms with Gasteiger partial charge in [-0.2, -0.15) is 0 Å². The highest BCUT2D eigenvalue weighted by molar-refractivity contribution is 6.65. The topological polar surface area (TPSA) is 99.0 Å². The Balaban J connectivity index is 2.33. The molecule has 0 atom stereocenters. The van der Waals surface area contributed by atoms with Gasteiger partial charge in [-0.3, -0.25) is 24.6 Å². The SMILES string of the molecule is CN1CC(=O)OB(c2ccccc2[N+](=O)[O-])OC(=O)C1. The van der Waals surface area contributed by atoms with E-state index >= 15 is 0 Å². The van der Waals surface area contributed by atoms with Gasteiger partial charge in [0.1, 0.15) is 0 Å². The number of nitro groups is 1. The van der Waals surface area contributed by atoms with Gasteiger partial charge in [0.05, 0.1) is 23.5 Å². The predicted molar refractivity (Wildman–Crippen MR) is 68.2 cm³/mol. The van der Waals surface area contributed by atoms with E-state index in [-0.39, 0.29) is 24.2 Å². The van der Waals surface area contributed by atoms with Crippen LogP contribution in [0.25, 0.3) is 0 Å². The van der Waals surface area contributed by atoms with E-state index in [1.54, 1.807) is 7.05 Å². The summed E-state index contributed by atoms with van der Waals surface area (Å²) in [4.78, 5) is 34.9. The lowest BCUT2D eigenvalue weighted by atomic mass is 9.77. The van der Waals surface area contributed by atoms with Gasteiger partial charge < -0.3 is 9.31 Å². The molecule has 8 nitrogen and oxygen atoms in total. The minimum atomic E-state index is -1.40. The Labute approximate surface area is 114 Å². The van der Waals surface area contributed by atoms with Crippen molar-refractivity contribution >= 4 is 30.2 Å². The normalized spacial score (nSPS) is 16.9. The van der Waals surface area contributed by atoms with Crippen LogP contribution in [-0.4, -0.2) is 49.0 Å². The number of carbonyl (C=O) groups is 2. The fourth-order valence-electron chi connectivity index (χ4n) is 1.81. The Hall–Kier alpha value is -2.42. The number of carbonyl (C=O) groups excluding carboxylic acids is 2. The van der Waals surface area contributed by atoms with Gasteiger partial charge in [0.25, 0.3) is 5.69 Å². The second-order valence-corrected chi connectivity index (χ2v) is 4.30. The molecule has 0 radical (unpaired) electrons. The molecule has 2 rings (SSSR count). The lowest BCUT2D eigenvalue weighted by Gasteiger charge is -2.22. The molecule has 1 aromatic carbocycles. The molecular formula is C11H11BN2O6. The maximum Gasteiger partial charge on any atom is 0.643 e. The zero-order chi connectivity index (χ0) is 14.7. The van der Waals surface area contributed by atoms with Crippen molar-refractivity contribution in [2.75, 3.05) is 20.1 Å². The van der Waals surface area contributed by atoms with E-state index in [0.29, 0.717) is 0 Å². The van der Waals surface area contributed by atoms with Crippen LogP contribution in [0.2, 0.25) is 0 Å². The number of likely N-dealkylation sites (N-methyl/N-ethyl adjacent to an activating group) is 1. The fourth-order valence-corrected chi connectivity index (χ4v) is 1.81. The van der Waals surface area contributed by atoms with Crippen LogP contribution in [0, 0.1) is 10.1 Å². The van der Waals surface area contributed by atoms with E-state index in [2.05, 4.69) is 0 Å². The monoisotopic (exact) mass is 278 g/mol. The molecule has 0 amide bonds. The van der Waals surface area contributed by atoms with Crippen molar-refractivity contribution in [1.82, 2.24) is 4.90 Å². The summed E-state index contributed by atoms with van der Waals surface area (Å²) < 4.78 is 9.96. The van der Waals surface area contributed by atoms with Crippen LogP contribution in [0.3, 0.4) is 0 Å². The van der Waals surface area contributed by atoms with Crippen LogP contribution in [0.5, 0.6) is 0 Å². The number of benzene rings is 1. The van der Waals surface area contributed by atoms with Crippen molar-refractivity contribution in [1.29, 1.82) is 0 Å². The van der Waals surface area contributed by atoms with Gasteiger partial charge in [0.2, 0.25) is 0 Å². The van der Waals surface area contributed by atoms with Crippen LogP contribution in [0.1, 0.15) is 0 Å². The first-order valence-corrected chi connectivity index (χ1v) is 5.78. The van der Waals surface area contributed by atoms with Crippen molar-refractivity contribution in [2.24, 2.45) is 0 Å². The van der Waals surface area contributed by atoms with Gasteiger partial charge in [0.15, 0.2) is 0 Å². The second-order valence-electron chi connectivity index (χ2n) is 4.30. The van der Waals surface area contributed by atoms with E-state index in [1.165, 1.54) is 29.2 Å². The van der Waals surface area contributed by atoms with Gasteiger partial charge >= 0.3 is 19.1 Å². The average molecular weight is 278 g/mol. The quantitative estimate of drug-likeness (QED) is 0.401. The zero-order valence-corrected chi connectivity index (χ0v) is 10.6. The summed E-state index contributed by atoms with van der Waals surface area (Å²) in [6, 6.07) is 5.65. The number of nitrogens with zero attached hydrogens (tertiary/aromatic N) is 2. The number of para-hydroxylation sites is 1. The molecule has 1 aliphatic heterocycles. The highest BCUT2D eigenvalue weighted by Crippen LogP contribution is 2.10. The third kappa shape index (κ3) is 3.12. The summed E-state index contributed by atoms with van der Waals surface area (Å²) in [5.41, 5.74) is -0.240. The largest absolute Gasteiger partial charge is 0.643 e. The van der Waals surface area contributed by atoms with E-state index in [9.17, 15) is 19.7 Å². The van der Waals surface area contributed by atoms with Crippen LogP contribution >= 0.6 is 0 Å². The molecule has 0 spiro atoms.